The normalized spacial score (nSPS) is 16.5. The molecule has 1 heterocycles. The van der Waals surface area contributed by atoms with Crippen LogP contribution in [0.5, 0.6) is 5.75 Å². The van der Waals surface area contributed by atoms with Crippen LogP contribution in [0.4, 0.5) is 0 Å². The van der Waals surface area contributed by atoms with Crippen LogP contribution in [0.25, 0.3) is 0 Å². The molecule has 1 saturated heterocycles. The molecule has 5 nitrogen and oxygen atoms in total. The largest absolute Gasteiger partial charge is 0.492 e. The van der Waals surface area contributed by atoms with E-state index in [4.69, 9.17) is 4.74 Å². The van der Waals surface area contributed by atoms with E-state index >= 15 is 0 Å². The van der Waals surface area contributed by atoms with Gasteiger partial charge in [0.25, 0.3) is 0 Å². The number of aliphatic hydroxyl groups excluding tert-OH is 1. The van der Waals surface area contributed by atoms with Crippen molar-refractivity contribution in [2.75, 3.05) is 39.8 Å². The lowest BCUT2D eigenvalue weighted by Gasteiger charge is -2.30. The van der Waals surface area contributed by atoms with Gasteiger partial charge in [0, 0.05) is 24.6 Å². The Bertz CT molecular complexity index is 473. The van der Waals surface area contributed by atoms with Crippen LogP contribution in [0, 0.1) is 0 Å². The van der Waals surface area contributed by atoms with Gasteiger partial charge in [0.15, 0.2) is 0 Å². The van der Waals surface area contributed by atoms with E-state index < -0.39 is 0 Å². The second-order valence-electron chi connectivity index (χ2n) is 5.62. The summed E-state index contributed by atoms with van der Waals surface area (Å²) in [5.41, 5.74) is 0. The summed E-state index contributed by atoms with van der Waals surface area (Å²) in [7, 11) is 1.80. The van der Waals surface area contributed by atoms with Crippen LogP contribution < -0.4 is 4.74 Å². The molecule has 1 N–H and O–H groups in total. The van der Waals surface area contributed by atoms with E-state index in [0.717, 1.165) is 36.2 Å². The first-order chi connectivity index (χ1) is 10.5. The molecule has 0 aliphatic carbocycles. The van der Waals surface area contributed by atoms with Crippen LogP contribution in [0.15, 0.2) is 28.7 Å². The molecular weight excluding hydrogens is 348 g/mol. The Morgan fingerprint density at radius 1 is 1.36 bits per heavy atom. The molecule has 0 bridgehead atoms. The molecule has 22 heavy (non-hydrogen) atoms. The first-order valence-corrected chi connectivity index (χ1v) is 8.36. The first kappa shape index (κ1) is 17.2. The molecule has 1 aliphatic rings. The number of aliphatic hydroxyl groups is 1. The van der Waals surface area contributed by atoms with Gasteiger partial charge >= 0.3 is 0 Å². The molecule has 0 saturated carbocycles. The van der Waals surface area contributed by atoms with Crippen LogP contribution in [-0.4, -0.2) is 66.8 Å². The highest BCUT2D eigenvalue weighted by Crippen LogP contribution is 2.16. The number of likely N-dealkylation sites (N-methyl/N-ethyl adjacent to an activating group) is 1. The molecule has 1 amide bonds. The van der Waals surface area contributed by atoms with Crippen molar-refractivity contribution >= 4 is 21.8 Å². The number of hydrogen-bond donors (Lipinski definition) is 1. The fourth-order valence-electron chi connectivity index (χ4n) is 2.35. The molecule has 1 aromatic carbocycles. The zero-order valence-corrected chi connectivity index (χ0v) is 14.5. The fraction of sp³-hybridized carbons (Fsp3) is 0.562. The monoisotopic (exact) mass is 370 g/mol. The summed E-state index contributed by atoms with van der Waals surface area (Å²) in [6, 6.07) is 7.64. The van der Waals surface area contributed by atoms with Gasteiger partial charge in [-0.1, -0.05) is 15.9 Å². The predicted octanol–water partition coefficient (Wildman–Crippen LogP) is 1.74. The Labute approximate surface area is 140 Å². The zero-order chi connectivity index (χ0) is 15.9. The molecule has 0 radical (unpaired) electrons. The van der Waals surface area contributed by atoms with Gasteiger partial charge in [0.2, 0.25) is 5.91 Å². The van der Waals surface area contributed by atoms with Crippen LogP contribution >= 0.6 is 15.9 Å². The number of hydrogen-bond acceptors (Lipinski definition) is 4. The Hall–Kier alpha value is -1.11. The van der Waals surface area contributed by atoms with E-state index in [9.17, 15) is 9.90 Å². The van der Waals surface area contributed by atoms with Gasteiger partial charge in [-0.3, -0.25) is 9.69 Å². The number of benzene rings is 1. The summed E-state index contributed by atoms with van der Waals surface area (Å²) in [5, 5.41) is 9.47. The number of halogens is 1. The lowest BCUT2D eigenvalue weighted by Crippen LogP contribution is -2.44. The third kappa shape index (κ3) is 5.59. The highest BCUT2D eigenvalue weighted by molar-refractivity contribution is 9.10. The molecule has 0 atom stereocenters. The summed E-state index contributed by atoms with van der Waals surface area (Å²) in [5.74, 6) is 0.893. The smallest absolute Gasteiger partial charge is 0.236 e. The number of carbonyl (C=O) groups is 1. The van der Waals surface area contributed by atoms with Crippen molar-refractivity contribution < 1.29 is 14.6 Å². The zero-order valence-electron chi connectivity index (χ0n) is 12.9. The fourth-order valence-corrected chi connectivity index (χ4v) is 2.61. The van der Waals surface area contributed by atoms with Crippen LogP contribution in [0.2, 0.25) is 0 Å². The van der Waals surface area contributed by atoms with Gasteiger partial charge in [-0.15, -0.1) is 0 Å². The minimum atomic E-state index is -0.205. The number of carbonyl (C=O) groups excluding carboxylic acids is 1. The number of piperidine rings is 1. The summed E-state index contributed by atoms with van der Waals surface area (Å²) >= 11 is 3.38. The SMILES string of the molecule is CN(CCOc1ccc(Br)cc1)C(=O)CN1CCC(O)CC1. The predicted molar refractivity (Wildman–Crippen MR) is 89.0 cm³/mol. The number of ether oxygens (including phenoxy) is 1. The maximum atomic E-state index is 12.1. The highest BCUT2D eigenvalue weighted by Gasteiger charge is 2.20. The minimum absolute atomic E-state index is 0.0933. The molecule has 1 fully saturated rings. The molecule has 0 spiro atoms. The van der Waals surface area contributed by atoms with Crippen molar-refractivity contribution in [3.8, 4) is 5.75 Å². The van der Waals surface area contributed by atoms with Gasteiger partial charge in [0.1, 0.15) is 12.4 Å². The molecule has 0 unspecified atom stereocenters. The van der Waals surface area contributed by atoms with Crippen LogP contribution in [0.1, 0.15) is 12.8 Å². The van der Waals surface area contributed by atoms with Crippen molar-refractivity contribution in [2.24, 2.45) is 0 Å². The van der Waals surface area contributed by atoms with Crippen LogP contribution in [-0.2, 0) is 4.79 Å². The van der Waals surface area contributed by atoms with E-state index in [0.29, 0.717) is 19.7 Å². The average Bonchev–Trinajstić information content (AvgIpc) is 2.51. The maximum absolute atomic E-state index is 12.1. The first-order valence-electron chi connectivity index (χ1n) is 7.57. The lowest BCUT2D eigenvalue weighted by molar-refractivity contribution is -0.132. The summed E-state index contributed by atoms with van der Waals surface area (Å²) in [4.78, 5) is 15.9. The van der Waals surface area contributed by atoms with Gasteiger partial charge in [-0.25, -0.2) is 0 Å². The number of amides is 1. The summed E-state index contributed by atoms with van der Waals surface area (Å²) in [6.07, 6.45) is 1.30. The molecule has 1 aromatic rings. The van der Waals surface area contributed by atoms with E-state index in [2.05, 4.69) is 20.8 Å². The third-order valence-electron chi connectivity index (χ3n) is 3.85. The number of rotatable bonds is 6. The van der Waals surface area contributed by atoms with E-state index in [-0.39, 0.29) is 12.0 Å². The van der Waals surface area contributed by atoms with E-state index in [1.54, 1.807) is 11.9 Å². The summed E-state index contributed by atoms with van der Waals surface area (Å²) < 4.78 is 6.64. The van der Waals surface area contributed by atoms with Crippen molar-refractivity contribution in [2.45, 2.75) is 18.9 Å². The molecule has 122 valence electrons. The third-order valence-corrected chi connectivity index (χ3v) is 4.38. The number of likely N-dealkylation sites (tertiary alicyclic amines) is 1. The summed E-state index contributed by atoms with van der Waals surface area (Å²) in [6.45, 7) is 3.03. The van der Waals surface area contributed by atoms with Gasteiger partial charge < -0.3 is 14.7 Å². The molecule has 0 aromatic heterocycles. The molecule has 2 rings (SSSR count). The van der Waals surface area contributed by atoms with Crippen molar-refractivity contribution in [1.29, 1.82) is 0 Å². The Morgan fingerprint density at radius 2 is 2.00 bits per heavy atom. The second-order valence-corrected chi connectivity index (χ2v) is 6.54. The second kappa shape index (κ2) is 8.50. The van der Waals surface area contributed by atoms with Gasteiger partial charge in [0.05, 0.1) is 19.2 Å². The van der Waals surface area contributed by atoms with Crippen LogP contribution in [0.3, 0.4) is 0 Å². The quantitative estimate of drug-likeness (QED) is 0.828. The minimum Gasteiger partial charge on any atom is -0.492 e. The highest BCUT2D eigenvalue weighted by atomic mass is 79.9. The van der Waals surface area contributed by atoms with E-state index in [1.807, 2.05) is 24.3 Å². The lowest BCUT2D eigenvalue weighted by atomic mass is 10.1. The molecule has 6 heteroatoms. The Kier molecular flexibility index (Phi) is 6.67. The van der Waals surface area contributed by atoms with Crippen molar-refractivity contribution in [3.05, 3.63) is 28.7 Å². The standard InChI is InChI=1S/C16H23BrN2O3/c1-18(10-11-22-15-4-2-13(17)3-5-15)16(21)12-19-8-6-14(20)7-9-19/h2-5,14,20H,6-12H2,1H3. The van der Waals surface area contributed by atoms with E-state index in [1.165, 1.54) is 0 Å². The van der Waals surface area contributed by atoms with Crippen molar-refractivity contribution in [1.82, 2.24) is 9.80 Å². The topological polar surface area (TPSA) is 53.0 Å². The average molecular weight is 371 g/mol. The van der Waals surface area contributed by atoms with Crippen molar-refractivity contribution in [3.63, 3.8) is 0 Å². The Morgan fingerprint density at radius 3 is 2.64 bits per heavy atom. The maximum Gasteiger partial charge on any atom is 0.236 e. The molecular formula is C16H23BrN2O3. The molecule has 1 aliphatic heterocycles. The Balaban J connectivity index is 1.66. The van der Waals surface area contributed by atoms with Gasteiger partial charge in [-0.05, 0) is 37.1 Å². The number of nitrogens with zero attached hydrogens (tertiary/aromatic N) is 2. The van der Waals surface area contributed by atoms with Gasteiger partial charge in [-0.2, -0.15) is 0 Å².